The van der Waals surface area contributed by atoms with Gasteiger partial charge >= 0.3 is 5.97 Å². The van der Waals surface area contributed by atoms with E-state index < -0.39 is 12.0 Å². The van der Waals surface area contributed by atoms with Crippen LogP contribution in [-0.2, 0) is 0 Å². The molecule has 0 unspecified atom stereocenters. The number of pyridine rings is 1. The molecule has 3 N–H and O–H groups in total. The summed E-state index contributed by atoms with van der Waals surface area (Å²) in [4.78, 5) is 14.2. The molecule has 0 amide bonds. The van der Waals surface area contributed by atoms with Crippen LogP contribution in [0.25, 0.3) is 0 Å². The Labute approximate surface area is 80.8 Å². The second-order valence-corrected chi connectivity index (χ2v) is 2.75. The number of aromatic nitrogens is 1. The van der Waals surface area contributed by atoms with Gasteiger partial charge in [0.05, 0.1) is 12.5 Å². The molecule has 14 heavy (non-hydrogen) atoms. The molecule has 1 atom stereocenters. The van der Waals surface area contributed by atoms with Crippen molar-refractivity contribution in [2.45, 2.75) is 12.5 Å². The molecule has 0 aliphatic heterocycles. The molecule has 1 rings (SSSR count). The molecule has 72 valence electrons. The number of carboxylic acid groups (broad SMARTS) is 1. The average molecular weight is 191 g/mol. The van der Waals surface area contributed by atoms with Crippen LogP contribution in [0.15, 0.2) is 18.3 Å². The zero-order valence-electron chi connectivity index (χ0n) is 7.34. The van der Waals surface area contributed by atoms with Crippen molar-refractivity contribution in [3.8, 4) is 6.07 Å². The maximum Gasteiger partial charge on any atom is 0.354 e. The fraction of sp³-hybridized carbons (Fsp3) is 0.222. The number of nitrogens with zero attached hydrogens (tertiary/aromatic N) is 2. The zero-order chi connectivity index (χ0) is 10.6. The topological polar surface area (TPSA) is 100 Å². The Kier molecular flexibility index (Phi) is 3.15. The zero-order valence-corrected chi connectivity index (χ0v) is 7.34. The van der Waals surface area contributed by atoms with Crippen LogP contribution < -0.4 is 5.73 Å². The van der Waals surface area contributed by atoms with Gasteiger partial charge < -0.3 is 10.8 Å². The molecule has 1 aromatic rings. The predicted molar refractivity (Wildman–Crippen MR) is 48.4 cm³/mol. The van der Waals surface area contributed by atoms with E-state index in [0.717, 1.165) is 0 Å². The van der Waals surface area contributed by atoms with Gasteiger partial charge in [-0.3, -0.25) is 0 Å². The van der Waals surface area contributed by atoms with Crippen LogP contribution in [0.3, 0.4) is 0 Å². The van der Waals surface area contributed by atoms with Crippen molar-refractivity contribution in [3.63, 3.8) is 0 Å². The molecular weight excluding hydrogens is 182 g/mol. The monoisotopic (exact) mass is 191 g/mol. The van der Waals surface area contributed by atoms with Crippen LogP contribution in [0.2, 0.25) is 0 Å². The van der Waals surface area contributed by atoms with Gasteiger partial charge in [-0.1, -0.05) is 0 Å². The van der Waals surface area contributed by atoms with Crippen molar-refractivity contribution >= 4 is 5.97 Å². The van der Waals surface area contributed by atoms with Crippen molar-refractivity contribution in [2.24, 2.45) is 5.73 Å². The number of hydrogen-bond donors (Lipinski definition) is 2. The lowest BCUT2D eigenvalue weighted by atomic mass is 10.1. The quantitative estimate of drug-likeness (QED) is 0.732. The Hall–Kier alpha value is -1.93. The molecule has 0 saturated heterocycles. The predicted octanol–water partition coefficient (Wildman–Crippen LogP) is 0.693. The van der Waals surface area contributed by atoms with E-state index in [4.69, 9.17) is 16.1 Å². The van der Waals surface area contributed by atoms with E-state index in [-0.39, 0.29) is 12.1 Å². The highest BCUT2D eigenvalue weighted by Gasteiger charge is 2.09. The van der Waals surface area contributed by atoms with E-state index in [1.54, 1.807) is 6.07 Å². The normalized spacial score (nSPS) is 11.7. The van der Waals surface area contributed by atoms with Crippen LogP contribution in [0.5, 0.6) is 0 Å². The highest BCUT2D eigenvalue weighted by atomic mass is 16.4. The molecule has 0 spiro atoms. The lowest BCUT2D eigenvalue weighted by molar-refractivity contribution is 0.0690. The van der Waals surface area contributed by atoms with E-state index in [0.29, 0.717) is 5.56 Å². The maximum absolute atomic E-state index is 10.6. The minimum atomic E-state index is -1.10. The fourth-order valence-corrected chi connectivity index (χ4v) is 1.01. The van der Waals surface area contributed by atoms with Crippen LogP contribution in [0, 0.1) is 11.3 Å². The molecule has 0 bridgehead atoms. The lowest BCUT2D eigenvalue weighted by Gasteiger charge is -2.07. The molecule has 0 aliphatic carbocycles. The molecule has 1 heterocycles. The first-order valence-electron chi connectivity index (χ1n) is 3.97. The number of carboxylic acids is 1. The Morgan fingerprint density at radius 1 is 1.79 bits per heavy atom. The van der Waals surface area contributed by atoms with E-state index in [2.05, 4.69) is 4.98 Å². The van der Waals surface area contributed by atoms with Gasteiger partial charge in [-0.15, -0.1) is 0 Å². The van der Waals surface area contributed by atoms with Crippen LogP contribution in [-0.4, -0.2) is 16.1 Å². The van der Waals surface area contributed by atoms with Crippen molar-refractivity contribution in [1.29, 1.82) is 5.26 Å². The average Bonchev–Trinajstić information content (AvgIpc) is 2.18. The third kappa shape index (κ3) is 2.28. The van der Waals surface area contributed by atoms with E-state index >= 15 is 0 Å². The van der Waals surface area contributed by atoms with E-state index in [1.165, 1.54) is 12.3 Å². The third-order valence-corrected chi connectivity index (χ3v) is 1.74. The Bertz CT molecular complexity index is 384. The molecule has 5 nitrogen and oxygen atoms in total. The molecule has 0 fully saturated rings. The number of nitrogens with two attached hydrogens (primary N) is 1. The minimum Gasteiger partial charge on any atom is -0.477 e. The summed E-state index contributed by atoms with van der Waals surface area (Å²) in [5.41, 5.74) is 6.18. The smallest absolute Gasteiger partial charge is 0.354 e. The number of carbonyl (C=O) groups is 1. The second kappa shape index (κ2) is 4.35. The number of aromatic carboxylic acids is 1. The molecular formula is C9H9N3O2. The summed E-state index contributed by atoms with van der Waals surface area (Å²) in [6.45, 7) is 0. The summed E-state index contributed by atoms with van der Waals surface area (Å²) in [5, 5.41) is 17.1. The summed E-state index contributed by atoms with van der Waals surface area (Å²) >= 11 is 0. The first-order valence-corrected chi connectivity index (χ1v) is 3.97. The summed E-state index contributed by atoms with van der Waals surface area (Å²) in [6, 6.07) is 4.45. The molecule has 0 radical (unpaired) electrons. The van der Waals surface area contributed by atoms with Crippen molar-refractivity contribution < 1.29 is 9.90 Å². The SMILES string of the molecule is N#CC[C@H](N)c1ccnc(C(=O)O)c1. The Morgan fingerprint density at radius 3 is 3.07 bits per heavy atom. The first-order chi connectivity index (χ1) is 6.65. The fourth-order valence-electron chi connectivity index (χ4n) is 1.01. The highest BCUT2D eigenvalue weighted by molar-refractivity contribution is 5.85. The summed E-state index contributed by atoms with van der Waals surface area (Å²) < 4.78 is 0. The third-order valence-electron chi connectivity index (χ3n) is 1.74. The molecule has 0 aliphatic rings. The summed E-state index contributed by atoms with van der Waals surface area (Å²) in [7, 11) is 0. The number of rotatable bonds is 3. The maximum atomic E-state index is 10.6. The summed E-state index contributed by atoms with van der Waals surface area (Å²) in [6.07, 6.45) is 1.53. The van der Waals surface area contributed by atoms with Crippen LogP contribution in [0.4, 0.5) is 0 Å². The molecule has 0 aromatic carbocycles. The summed E-state index contributed by atoms with van der Waals surface area (Å²) in [5.74, 6) is -1.10. The number of hydrogen-bond acceptors (Lipinski definition) is 4. The standard InChI is InChI=1S/C9H9N3O2/c10-3-1-7(11)6-2-4-12-8(5-6)9(13)14/h2,4-5,7H,1,11H2,(H,13,14)/t7-/m0/s1. The largest absolute Gasteiger partial charge is 0.477 e. The van der Waals surface area contributed by atoms with Crippen LogP contribution in [0.1, 0.15) is 28.5 Å². The molecule has 5 heteroatoms. The van der Waals surface area contributed by atoms with Crippen LogP contribution >= 0.6 is 0 Å². The molecule has 0 saturated carbocycles. The van der Waals surface area contributed by atoms with Crippen molar-refractivity contribution in [2.75, 3.05) is 0 Å². The molecule has 1 aromatic heterocycles. The lowest BCUT2D eigenvalue weighted by Crippen LogP contribution is -2.11. The van der Waals surface area contributed by atoms with Gasteiger partial charge in [-0.25, -0.2) is 9.78 Å². The van der Waals surface area contributed by atoms with Gasteiger partial charge in [-0.05, 0) is 17.7 Å². The van der Waals surface area contributed by atoms with E-state index in [1.807, 2.05) is 6.07 Å². The minimum absolute atomic E-state index is 0.0594. The highest BCUT2D eigenvalue weighted by Crippen LogP contribution is 2.13. The van der Waals surface area contributed by atoms with Crippen molar-refractivity contribution in [1.82, 2.24) is 4.98 Å². The van der Waals surface area contributed by atoms with E-state index in [9.17, 15) is 4.79 Å². The van der Waals surface area contributed by atoms with Gasteiger partial charge in [0.2, 0.25) is 0 Å². The van der Waals surface area contributed by atoms with Gasteiger partial charge in [0.25, 0.3) is 0 Å². The Morgan fingerprint density at radius 2 is 2.50 bits per heavy atom. The number of nitriles is 1. The first kappa shape index (κ1) is 10.2. The second-order valence-electron chi connectivity index (χ2n) is 2.75. The van der Waals surface area contributed by atoms with Crippen molar-refractivity contribution in [3.05, 3.63) is 29.6 Å². The van der Waals surface area contributed by atoms with Gasteiger partial charge in [0.15, 0.2) is 0 Å². The Balaban J connectivity index is 2.94. The van der Waals surface area contributed by atoms with Gasteiger partial charge in [0.1, 0.15) is 5.69 Å². The van der Waals surface area contributed by atoms with Gasteiger partial charge in [-0.2, -0.15) is 5.26 Å². The van der Waals surface area contributed by atoms with Gasteiger partial charge in [0, 0.05) is 12.2 Å².